The van der Waals surface area contributed by atoms with Gasteiger partial charge in [-0.15, -0.1) is 0 Å². The first-order chi connectivity index (χ1) is 13.3. The van der Waals surface area contributed by atoms with Crippen LogP contribution in [0.15, 0.2) is 35.5 Å². The van der Waals surface area contributed by atoms with Gasteiger partial charge in [0.15, 0.2) is 11.4 Å². The quantitative estimate of drug-likeness (QED) is 0.583. The molecule has 0 aliphatic carbocycles. The van der Waals surface area contributed by atoms with Gasteiger partial charge in [-0.1, -0.05) is 0 Å². The molecule has 146 valence electrons. The Morgan fingerprint density at radius 3 is 2.82 bits per heavy atom. The molecule has 0 N–H and O–H groups in total. The molecule has 10 heteroatoms. The number of hydrogen-bond donors (Lipinski definition) is 0. The minimum Gasteiger partial charge on any atom is -0.292 e. The molecule has 9 nitrogen and oxygen atoms in total. The first-order valence-corrected chi connectivity index (χ1v) is 10.5. The van der Waals surface area contributed by atoms with Crippen molar-refractivity contribution in [2.45, 2.75) is 19.9 Å². The summed E-state index contributed by atoms with van der Waals surface area (Å²) in [7, 11) is -1.64. The van der Waals surface area contributed by atoms with Crippen LogP contribution in [0.25, 0.3) is 11.0 Å². The molecule has 0 atom stereocenters. The summed E-state index contributed by atoms with van der Waals surface area (Å²) in [6.07, 6.45) is 3.33. The van der Waals surface area contributed by atoms with Crippen molar-refractivity contribution in [3.05, 3.63) is 52.2 Å². The van der Waals surface area contributed by atoms with E-state index in [-0.39, 0.29) is 23.6 Å². The maximum absolute atomic E-state index is 12.7. The van der Waals surface area contributed by atoms with Gasteiger partial charge in [0.1, 0.15) is 11.7 Å². The molecule has 1 aliphatic rings. The summed E-state index contributed by atoms with van der Waals surface area (Å²) in [5.74, 6) is -0.216. The zero-order valence-electron chi connectivity index (χ0n) is 15.5. The number of sulfonamides is 1. The molecule has 4 rings (SSSR count). The van der Waals surface area contributed by atoms with E-state index in [1.165, 1.54) is 26.1 Å². The predicted molar refractivity (Wildman–Crippen MR) is 104 cm³/mol. The zero-order valence-corrected chi connectivity index (χ0v) is 16.3. The molecule has 0 radical (unpaired) electrons. The lowest BCUT2D eigenvalue weighted by Crippen LogP contribution is -2.30. The van der Waals surface area contributed by atoms with Crippen molar-refractivity contribution in [3.63, 3.8) is 0 Å². The Kier molecular flexibility index (Phi) is 4.30. The summed E-state index contributed by atoms with van der Waals surface area (Å²) in [5.41, 5.74) is 2.01. The molecule has 0 saturated carbocycles. The molecule has 0 bridgehead atoms. The number of fused-ring (bicyclic) bond motifs is 2. The fraction of sp³-hybridized carbons (Fsp3) is 0.333. The Labute approximate surface area is 161 Å². The molecule has 0 amide bonds. The van der Waals surface area contributed by atoms with Gasteiger partial charge in [0.25, 0.3) is 5.56 Å². The number of carbonyl (C=O) groups is 1. The van der Waals surface area contributed by atoms with E-state index in [1.807, 2.05) is 0 Å². The fourth-order valence-corrected chi connectivity index (χ4v) is 4.57. The molecule has 1 aliphatic heterocycles. The predicted octanol–water partition coefficient (Wildman–Crippen LogP) is 0.725. The largest absolute Gasteiger partial charge is 0.292 e. The molecule has 0 fully saturated rings. The second-order valence-corrected chi connectivity index (χ2v) is 8.85. The van der Waals surface area contributed by atoms with Gasteiger partial charge >= 0.3 is 0 Å². The maximum atomic E-state index is 12.7. The lowest BCUT2D eigenvalue weighted by Gasteiger charge is -2.18. The van der Waals surface area contributed by atoms with Crippen LogP contribution in [0.2, 0.25) is 0 Å². The smallest absolute Gasteiger partial charge is 0.264 e. The molecule has 0 saturated heterocycles. The van der Waals surface area contributed by atoms with Crippen molar-refractivity contribution in [2.24, 2.45) is 7.05 Å². The molecule has 2 aromatic heterocycles. The number of carbonyl (C=O) groups excluding carboxylic acids is 1. The minimum atomic E-state index is -3.33. The second-order valence-electron chi connectivity index (χ2n) is 6.67. The van der Waals surface area contributed by atoms with Crippen molar-refractivity contribution in [3.8, 4) is 0 Å². The summed E-state index contributed by atoms with van der Waals surface area (Å²) in [6.45, 7) is 1.84. The number of hydrogen-bond acceptors (Lipinski definition) is 6. The number of nitrogens with zero attached hydrogens (tertiary/aromatic N) is 5. The van der Waals surface area contributed by atoms with Crippen LogP contribution in [0.4, 0.5) is 5.69 Å². The Balaban J connectivity index is 1.62. The third-order valence-electron chi connectivity index (χ3n) is 4.99. The van der Waals surface area contributed by atoms with E-state index in [2.05, 4.69) is 10.1 Å². The molecule has 0 unspecified atom stereocenters. The van der Waals surface area contributed by atoms with Gasteiger partial charge in [0, 0.05) is 19.2 Å². The Bertz CT molecular complexity index is 1260. The molecule has 0 spiro atoms. The van der Waals surface area contributed by atoms with Crippen molar-refractivity contribution >= 4 is 32.5 Å². The van der Waals surface area contributed by atoms with Crippen molar-refractivity contribution in [2.75, 3.05) is 16.6 Å². The Hall–Kier alpha value is -3.01. The van der Waals surface area contributed by atoms with Crippen LogP contribution in [0.3, 0.4) is 0 Å². The summed E-state index contributed by atoms with van der Waals surface area (Å²) >= 11 is 0. The standard InChI is InChI=1S/C18H19N5O4S/c1-3-28(26,27)23-7-6-12-8-13(4-5-15(12)23)16(24)10-22-11-19-17-14(18(22)25)9-20-21(17)2/h4-5,8-9,11H,3,6-7,10H2,1-2H3. The zero-order chi connectivity index (χ0) is 20.1. The molecular weight excluding hydrogens is 382 g/mol. The van der Waals surface area contributed by atoms with Gasteiger partial charge in [-0.3, -0.25) is 23.1 Å². The van der Waals surface area contributed by atoms with E-state index in [4.69, 9.17) is 0 Å². The van der Waals surface area contributed by atoms with Crippen LogP contribution in [0.5, 0.6) is 0 Å². The molecule has 3 aromatic rings. The van der Waals surface area contributed by atoms with E-state index >= 15 is 0 Å². The average Bonchev–Trinajstić information content (AvgIpc) is 3.28. The van der Waals surface area contributed by atoms with Gasteiger partial charge in [0.2, 0.25) is 10.0 Å². The molecule has 1 aromatic carbocycles. The van der Waals surface area contributed by atoms with Crippen LogP contribution in [-0.2, 0) is 30.0 Å². The molecule has 3 heterocycles. The maximum Gasteiger partial charge on any atom is 0.264 e. The first kappa shape index (κ1) is 18.4. The van der Waals surface area contributed by atoms with Gasteiger partial charge in [-0.25, -0.2) is 13.4 Å². The van der Waals surface area contributed by atoms with Crippen molar-refractivity contribution < 1.29 is 13.2 Å². The SMILES string of the molecule is CCS(=O)(=O)N1CCc2cc(C(=O)Cn3cnc4c(cnn4C)c3=O)ccc21. The van der Waals surface area contributed by atoms with E-state index in [1.54, 1.807) is 32.2 Å². The number of aryl methyl sites for hydroxylation is 1. The van der Waals surface area contributed by atoms with Crippen LogP contribution in [0, 0.1) is 0 Å². The summed E-state index contributed by atoms with van der Waals surface area (Å²) in [4.78, 5) is 29.4. The third kappa shape index (κ3) is 2.89. The fourth-order valence-electron chi connectivity index (χ4n) is 3.41. The highest BCUT2D eigenvalue weighted by Crippen LogP contribution is 2.31. The number of rotatable bonds is 5. The number of benzene rings is 1. The van der Waals surface area contributed by atoms with Crippen LogP contribution >= 0.6 is 0 Å². The van der Waals surface area contributed by atoms with E-state index in [0.29, 0.717) is 35.2 Å². The van der Waals surface area contributed by atoms with Crippen LogP contribution < -0.4 is 9.86 Å². The van der Waals surface area contributed by atoms with E-state index in [0.717, 1.165) is 5.56 Å². The number of anilines is 1. The second kappa shape index (κ2) is 6.55. The molecular formula is C18H19N5O4S. The Morgan fingerprint density at radius 2 is 2.07 bits per heavy atom. The number of ketones is 1. The van der Waals surface area contributed by atoms with Crippen LogP contribution in [-0.4, -0.2) is 45.8 Å². The highest BCUT2D eigenvalue weighted by molar-refractivity contribution is 7.92. The highest BCUT2D eigenvalue weighted by atomic mass is 32.2. The average molecular weight is 401 g/mol. The minimum absolute atomic E-state index is 0.0276. The van der Waals surface area contributed by atoms with Crippen molar-refractivity contribution in [1.82, 2.24) is 19.3 Å². The molecule has 28 heavy (non-hydrogen) atoms. The normalized spacial score (nSPS) is 13.9. The monoisotopic (exact) mass is 401 g/mol. The lowest BCUT2D eigenvalue weighted by molar-refractivity contribution is 0.0970. The summed E-state index contributed by atoms with van der Waals surface area (Å²) in [6, 6.07) is 4.98. The highest BCUT2D eigenvalue weighted by Gasteiger charge is 2.28. The van der Waals surface area contributed by atoms with E-state index < -0.39 is 10.0 Å². The number of aromatic nitrogens is 4. The van der Waals surface area contributed by atoms with Crippen LogP contribution in [0.1, 0.15) is 22.8 Å². The first-order valence-electron chi connectivity index (χ1n) is 8.85. The van der Waals surface area contributed by atoms with Gasteiger partial charge in [-0.2, -0.15) is 5.10 Å². The van der Waals surface area contributed by atoms with Gasteiger partial charge in [-0.05, 0) is 37.1 Å². The lowest BCUT2D eigenvalue weighted by atomic mass is 10.1. The summed E-state index contributed by atoms with van der Waals surface area (Å²) < 4.78 is 28.5. The van der Waals surface area contributed by atoms with Gasteiger partial charge in [0.05, 0.1) is 24.2 Å². The third-order valence-corrected chi connectivity index (χ3v) is 6.77. The Morgan fingerprint density at radius 1 is 1.29 bits per heavy atom. The van der Waals surface area contributed by atoms with Gasteiger partial charge < -0.3 is 0 Å². The number of Topliss-reactive ketones (excluding diaryl/α,β-unsaturated/α-hetero) is 1. The van der Waals surface area contributed by atoms with Crippen molar-refractivity contribution in [1.29, 1.82) is 0 Å². The van der Waals surface area contributed by atoms with E-state index in [9.17, 15) is 18.0 Å². The summed E-state index contributed by atoms with van der Waals surface area (Å²) in [5, 5.41) is 4.36. The topological polar surface area (TPSA) is 107 Å².